The van der Waals surface area contributed by atoms with Crippen molar-refractivity contribution in [2.24, 2.45) is 5.73 Å². The Morgan fingerprint density at radius 1 is 1.60 bits per heavy atom. The van der Waals surface area contributed by atoms with Gasteiger partial charge in [0.05, 0.1) is 6.20 Å². The van der Waals surface area contributed by atoms with Gasteiger partial charge in [-0.2, -0.15) is 0 Å². The highest BCUT2D eigenvalue weighted by Gasteiger charge is 1.97. The summed E-state index contributed by atoms with van der Waals surface area (Å²) < 4.78 is 0. The summed E-state index contributed by atoms with van der Waals surface area (Å²) in [6.45, 7) is 0. The van der Waals surface area contributed by atoms with E-state index in [-0.39, 0.29) is 0 Å². The van der Waals surface area contributed by atoms with Crippen LogP contribution >= 0.6 is 11.8 Å². The van der Waals surface area contributed by atoms with Gasteiger partial charge in [-0.05, 0) is 11.8 Å². The lowest BCUT2D eigenvalue weighted by Crippen LogP contribution is -2.02. The molecule has 2 N–H and O–H groups in total. The van der Waals surface area contributed by atoms with Crippen molar-refractivity contribution in [2.75, 3.05) is 0 Å². The average molecular weight is 155 g/mol. The molecule has 0 saturated heterocycles. The van der Waals surface area contributed by atoms with Crippen LogP contribution in [0, 0.1) is 0 Å². The van der Waals surface area contributed by atoms with Gasteiger partial charge in [0.2, 0.25) is 0 Å². The van der Waals surface area contributed by atoms with Crippen molar-refractivity contribution in [3.8, 4) is 0 Å². The largest absolute Gasteiger partial charge is 0.360 e. The Labute approximate surface area is 61.9 Å². The lowest BCUT2D eigenvalue weighted by Gasteiger charge is -1.90. The van der Waals surface area contributed by atoms with E-state index in [2.05, 4.69) is 9.97 Å². The third kappa shape index (κ3) is 2.02. The maximum absolute atomic E-state index is 10.3. The van der Waals surface area contributed by atoms with Crippen LogP contribution in [-0.4, -0.2) is 15.2 Å². The van der Waals surface area contributed by atoms with Crippen molar-refractivity contribution >= 4 is 17.0 Å². The third-order valence-electron chi connectivity index (χ3n) is 0.745. The molecule has 1 aromatic heterocycles. The SMILES string of the molecule is NC(=O)Sc1cnccn1. The molecule has 0 atom stereocenters. The molecule has 0 aliphatic carbocycles. The first-order valence-electron chi connectivity index (χ1n) is 2.52. The van der Waals surface area contributed by atoms with Gasteiger partial charge in [0.1, 0.15) is 5.03 Å². The van der Waals surface area contributed by atoms with Crippen LogP contribution < -0.4 is 5.73 Å². The Bertz CT molecular complexity index is 226. The van der Waals surface area contributed by atoms with Crippen molar-refractivity contribution < 1.29 is 4.79 Å². The summed E-state index contributed by atoms with van der Waals surface area (Å²) in [5.74, 6) is 0. The van der Waals surface area contributed by atoms with Crippen LogP contribution in [0.5, 0.6) is 0 Å². The van der Waals surface area contributed by atoms with Gasteiger partial charge in [-0.3, -0.25) is 9.78 Å². The quantitative estimate of drug-likeness (QED) is 0.604. The number of aromatic nitrogens is 2. The summed E-state index contributed by atoms with van der Waals surface area (Å²) in [7, 11) is 0. The number of thioether (sulfide) groups is 1. The zero-order valence-corrected chi connectivity index (χ0v) is 5.84. The molecule has 0 bridgehead atoms. The molecule has 1 rings (SSSR count). The Morgan fingerprint density at radius 3 is 2.90 bits per heavy atom. The fraction of sp³-hybridized carbons (Fsp3) is 0. The number of nitrogens with two attached hydrogens (primary N) is 1. The third-order valence-corrected chi connectivity index (χ3v) is 1.37. The van der Waals surface area contributed by atoms with Gasteiger partial charge in [-0.15, -0.1) is 0 Å². The van der Waals surface area contributed by atoms with E-state index in [0.29, 0.717) is 5.03 Å². The average Bonchev–Trinajstić information content (AvgIpc) is 1.88. The highest BCUT2D eigenvalue weighted by atomic mass is 32.2. The van der Waals surface area contributed by atoms with E-state index in [4.69, 9.17) is 5.73 Å². The monoisotopic (exact) mass is 155 g/mol. The molecule has 52 valence electrons. The first-order valence-corrected chi connectivity index (χ1v) is 3.34. The summed E-state index contributed by atoms with van der Waals surface area (Å²) in [5, 5.41) is 0.0514. The Kier molecular flexibility index (Phi) is 2.22. The van der Waals surface area contributed by atoms with Gasteiger partial charge in [0.25, 0.3) is 5.24 Å². The molecule has 0 fully saturated rings. The lowest BCUT2D eigenvalue weighted by molar-refractivity contribution is 0.267. The Hall–Kier alpha value is -1.10. The van der Waals surface area contributed by atoms with E-state index in [9.17, 15) is 4.79 Å². The number of carbonyl (C=O) groups excluding carboxylic acids is 1. The van der Waals surface area contributed by atoms with Crippen molar-refractivity contribution in [3.63, 3.8) is 0 Å². The molecule has 1 amide bonds. The molecule has 0 unspecified atom stereocenters. The summed E-state index contributed by atoms with van der Waals surface area (Å²) in [6.07, 6.45) is 4.52. The van der Waals surface area contributed by atoms with Crippen LogP contribution in [0.1, 0.15) is 0 Å². The number of primary amides is 1. The van der Waals surface area contributed by atoms with Gasteiger partial charge in [0.15, 0.2) is 0 Å². The van der Waals surface area contributed by atoms with Crippen LogP contribution in [0.3, 0.4) is 0 Å². The molecule has 10 heavy (non-hydrogen) atoms. The normalized spacial score (nSPS) is 9.20. The summed E-state index contributed by atoms with van der Waals surface area (Å²) in [5.41, 5.74) is 4.88. The number of nitrogens with zero attached hydrogens (tertiary/aromatic N) is 2. The van der Waals surface area contributed by atoms with Gasteiger partial charge >= 0.3 is 0 Å². The molecule has 0 aliphatic heterocycles. The second-order valence-corrected chi connectivity index (χ2v) is 2.49. The summed E-state index contributed by atoms with van der Waals surface area (Å²) in [6, 6.07) is 0. The molecule has 0 spiro atoms. The highest BCUT2D eigenvalue weighted by molar-refractivity contribution is 8.13. The molecule has 0 radical (unpaired) electrons. The van der Waals surface area contributed by atoms with E-state index in [1.807, 2.05) is 0 Å². The second-order valence-electron chi connectivity index (χ2n) is 1.46. The minimum atomic E-state index is -0.472. The van der Waals surface area contributed by atoms with E-state index in [1.165, 1.54) is 18.6 Å². The zero-order valence-electron chi connectivity index (χ0n) is 5.02. The number of hydrogen-bond acceptors (Lipinski definition) is 4. The number of rotatable bonds is 1. The topological polar surface area (TPSA) is 68.9 Å². The standard InChI is InChI=1S/C5H5N3OS/c6-5(9)10-4-3-7-1-2-8-4/h1-3H,(H2,6,9). The molecule has 0 aliphatic rings. The summed E-state index contributed by atoms with van der Waals surface area (Å²) >= 11 is 0.864. The molecular formula is C5H5N3OS. The van der Waals surface area contributed by atoms with E-state index >= 15 is 0 Å². The van der Waals surface area contributed by atoms with E-state index in [0.717, 1.165) is 11.8 Å². The van der Waals surface area contributed by atoms with Crippen LogP contribution in [0.25, 0.3) is 0 Å². The van der Waals surface area contributed by atoms with Crippen LogP contribution in [0.4, 0.5) is 4.79 Å². The van der Waals surface area contributed by atoms with Crippen LogP contribution in [0.2, 0.25) is 0 Å². The number of amides is 1. The molecular weight excluding hydrogens is 150 g/mol. The Balaban J connectivity index is 2.67. The van der Waals surface area contributed by atoms with Crippen molar-refractivity contribution in [2.45, 2.75) is 5.03 Å². The highest BCUT2D eigenvalue weighted by Crippen LogP contribution is 2.11. The van der Waals surface area contributed by atoms with Crippen LogP contribution in [0.15, 0.2) is 23.6 Å². The fourth-order valence-electron chi connectivity index (χ4n) is 0.441. The molecule has 5 heteroatoms. The smallest absolute Gasteiger partial charge is 0.282 e. The first kappa shape index (κ1) is 7.01. The summed E-state index contributed by atoms with van der Waals surface area (Å²) in [4.78, 5) is 17.9. The molecule has 0 saturated carbocycles. The van der Waals surface area contributed by atoms with Crippen molar-refractivity contribution in [3.05, 3.63) is 18.6 Å². The van der Waals surface area contributed by atoms with E-state index < -0.39 is 5.24 Å². The second kappa shape index (κ2) is 3.17. The van der Waals surface area contributed by atoms with E-state index in [1.54, 1.807) is 0 Å². The van der Waals surface area contributed by atoms with Gasteiger partial charge in [-0.1, -0.05) is 0 Å². The molecule has 1 heterocycles. The molecule has 1 aromatic rings. The molecule has 4 nitrogen and oxygen atoms in total. The minimum absolute atomic E-state index is 0.472. The van der Waals surface area contributed by atoms with Crippen molar-refractivity contribution in [1.82, 2.24) is 9.97 Å². The fourth-order valence-corrected chi connectivity index (χ4v) is 0.874. The lowest BCUT2D eigenvalue weighted by atomic mass is 10.8. The van der Waals surface area contributed by atoms with Gasteiger partial charge in [0, 0.05) is 12.4 Å². The van der Waals surface area contributed by atoms with Crippen LogP contribution in [-0.2, 0) is 0 Å². The number of hydrogen-bond donors (Lipinski definition) is 1. The minimum Gasteiger partial charge on any atom is -0.360 e. The van der Waals surface area contributed by atoms with Gasteiger partial charge < -0.3 is 5.73 Å². The maximum Gasteiger partial charge on any atom is 0.282 e. The van der Waals surface area contributed by atoms with Gasteiger partial charge in [-0.25, -0.2) is 4.98 Å². The predicted molar refractivity (Wildman–Crippen MR) is 37.5 cm³/mol. The first-order chi connectivity index (χ1) is 4.79. The van der Waals surface area contributed by atoms with Crippen molar-refractivity contribution in [1.29, 1.82) is 0 Å². The maximum atomic E-state index is 10.3. The Morgan fingerprint density at radius 2 is 2.40 bits per heavy atom. The zero-order chi connectivity index (χ0) is 7.40. The predicted octanol–water partition coefficient (Wildman–Crippen LogP) is 0.647. The molecule has 0 aromatic carbocycles. The number of carbonyl (C=O) groups is 1.